The van der Waals surface area contributed by atoms with Crippen LogP contribution in [0.5, 0.6) is 0 Å². The second-order valence-corrected chi connectivity index (χ2v) is 20.0. The SMILES string of the molecule is C/C=C\C(SCC)=C(/C)c1cccc(-c2nc3c(-c4ccc(-c5ccc(-c6ccccc6)nc5-c5ccccc5)cc4)ccc(-c4ccc(-c5ccc(-c6ccccc6)nc5-c5ccccc5)cc4)c3s2)c1. The van der Waals surface area contributed by atoms with E-state index in [9.17, 15) is 0 Å². The summed E-state index contributed by atoms with van der Waals surface area (Å²) in [6.07, 6.45) is 4.35. The first-order chi connectivity index (χ1) is 35.5. The van der Waals surface area contributed by atoms with Gasteiger partial charge in [-0.1, -0.05) is 231 Å². The fourth-order valence-corrected chi connectivity index (χ4v) is 11.4. The summed E-state index contributed by atoms with van der Waals surface area (Å²) in [6, 6.07) is 81.8. The van der Waals surface area contributed by atoms with E-state index in [1.165, 1.54) is 16.0 Å². The maximum absolute atomic E-state index is 5.54. The number of thioether (sulfide) groups is 1. The lowest BCUT2D eigenvalue weighted by Crippen LogP contribution is -1.93. The van der Waals surface area contributed by atoms with Crippen LogP contribution in [0.1, 0.15) is 26.3 Å². The minimum absolute atomic E-state index is 0.951. The number of benzene rings is 8. The van der Waals surface area contributed by atoms with Crippen LogP contribution >= 0.6 is 23.1 Å². The predicted octanol–water partition coefficient (Wildman–Crippen LogP) is 19.1. The number of pyridine rings is 2. The quantitative estimate of drug-likeness (QED) is 0.108. The van der Waals surface area contributed by atoms with Crippen LogP contribution in [-0.2, 0) is 0 Å². The molecule has 11 aromatic rings. The number of hydrogen-bond donors (Lipinski definition) is 0. The number of aromatic nitrogens is 3. The highest BCUT2D eigenvalue weighted by Gasteiger charge is 2.19. The molecule has 0 spiro atoms. The summed E-state index contributed by atoms with van der Waals surface area (Å²) in [7, 11) is 0. The molecule has 5 heteroatoms. The van der Waals surface area contributed by atoms with Gasteiger partial charge < -0.3 is 0 Å². The van der Waals surface area contributed by atoms with Crippen molar-refractivity contribution < 1.29 is 0 Å². The summed E-state index contributed by atoms with van der Waals surface area (Å²) < 4.78 is 1.15. The Morgan fingerprint density at radius 2 is 0.861 bits per heavy atom. The predicted molar refractivity (Wildman–Crippen MR) is 310 cm³/mol. The molecule has 0 fully saturated rings. The molecule has 3 heterocycles. The number of hydrogen-bond acceptors (Lipinski definition) is 5. The van der Waals surface area contributed by atoms with Gasteiger partial charge >= 0.3 is 0 Å². The van der Waals surface area contributed by atoms with Gasteiger partial charge in [0.25, 0.3) is 0 Å². The first-order valence-electron chi connectivity index (χ1n) is 24.5. The molecular formula is C67H51N3S2. The van der Waals surface area contributed by atoms with Gasteiger partial charge in [0.2, 0.25) is 0 Å². The molecule has 0 saturated heterocycles. The van der Waals surface area contributed by atoms with Gasteiger partial charge in [0.15, 0.2) is 0 Å². The van der Waals surface area contributed by atoms with E-state index in [0.717, 1.165) is 116 Å². The highest BCUT2D eigenvalue weighted by Crippen LogP contribution is 2.44. The monoisotopic (exact) mass is 961 g/mol. The first kappa shape index (κ1) is 46.2. The molecule has 0 radical (unpaired) electrons. The summed E-state index contributed by atoms with van der Waals surface area (Å²) >= 11 is 3.64. The lowest BCUT2D eigenvalue weighted by molar-refractivity contribution is 1.32. The van der Waals surface area contributed by atoms with Crippen molar-refractivity contribution in [3.63, 3.8) is 0 Å². The fraction of sp³-hybridized carbons (Fsp3) is 0.0597. The van der Waals surface area contributed by atoms with E-state index < -0.39 is 0 Å². The molecule has 11 rings (SSSR count). The van der Waals surface area contributed by atoms with Crippen molar-refractivity contribution in [3.05, 3.63) is 253 Å². The lowest BCUT2D eigenvalue weighted by Gasteiger charge is -2.14. The van der Waals surface area contributed by atoms with Gasteiger partial charge in [0.05, 0.1) is 33.0 Å². The smallest absolute Gasteiger partial charge is 0.124 e. The van der Waals surface area contributed by atoms with Gasteiger partial charge in [0, 0.05) is 55.0 Å². The Bertz CT molecular complexity index is 3520. The number of fused-ring (bicyclic) bond motifs is 1. The fourth-order valence-electron chi connectivity index (χ4n) is 9.42. The average molecular weight is 962 g/mol. The lowest BCUT2D eigenvalue weighted by atomic mass is 9.94. The van der Waals surface area contributed by atoms with Gasteiger partial charge in [-0.3, -0.25) is 0 Å². The Kier molecular flexibility index (Phi) is 13.5. The van der Waals surface area contributed by atoms with Crippen molar-refractivity contribution >= 4 is 38.9 Å². The number of thiazole rings is 1. The van der Waals surface area contributed by atoms with Crippen LogP contribution < -0.4 is 0 Å². The van der Waals surface area contributed by atoms with Crippen molar-refractivity contribution in [3.8, 4) is 100 Å². The summed E-state index contributed by atoms with van der Waals surface area (Å²) in [5.74, 6) is 1.01. The van der Waals surface area contributed by atoms with E-state index in [4.69, 9.17) is 15.0 Å². The Hall–Kier alpha value is -8.22. The molecule has 0 bridgehead atoms. The van der Waals surface area contributed by atoms with Crippen LogP contribution in [-0.4, -0.2) is 20.7 Å². The molecular weight excluding hydrogens is 911 g/mol. The van der Waals surface area contributed by atoms with Gasteiger partial charge in [-0.25, -0.2) is 15.0 Å². The maximum Gasteiger partial charge on any atom is 0.124 e. The van der Waals surface area contributed by atoms with E-state index in [1.807, 2.05) is 23.9 Å². The zero-order chi connectivity index (χ0) is 48.8. The molecule has 72 heavy (non-hydrogen) atoms. The highest BCUT2D eigenvalue weighted by atomic mass is 32.2. The van der Waals surface area contributed by atoms with Crippen LogP contribution in [0.3, 0.4) is 0 Å². The summed E-state index contributed by atoms with van der Waals surface area (Å²) in [5, 5.41) is 0.992. The van der Waals surface area contributed by atoms with Crippen LogP contribution in [0.15, 0.2) is 248 Å². The Labute approximate surface area is 431 Å². The summed E-state index contributed by atoms with van der Waals surface area (Å²) in [5.41, 5.74) is 21.7. The number of nitrogens with zero attached hydrogens (tertiary/aromatic N) is 3. The van der Waals surface area contributed by atoms with E-state index in [-0.39, 0.29) is 0 Å². The second kappa shape index (κ2) is 21.0. The average Bonchev–Trinajstić information content (AvgIpc) is 3.92. The summed E-state index contributed by atoms with van der Waals surface area (Å²) in [4.78, 5) is 17.4. The Morgan fingerprint density at radius 3 is 1.35 bits per heavy atom. The van der Waals surface area contributed by atoms with Crippen LogP contribution in [0.4, 0.5) is 0 Å². The third-order valence-corrected chi connectivity index (χ3v) is 15.3. The topological polar surface area (TPSA) is 38.7 Å². The van der Waals surface area contributed by atoms with Gasteiger partial charge in [-0.05, 0) is 71.2 Å². The molecule has 3 aromatic heterocycles. The molecule has 0 aliphatic carbocycles. The zero-order valence-electron chi connectivity index (χ0n) is 40.5. The molecule has 0 atom stereocenters. The molecule has 8 aromatic carbocycles. The number of allylic oxidation sites excluding steroid dienone is 3. The standard InChI is InChI=1S/C67H51N3S2/c1-4-19-62(71-5-2)45(3)54-28-18-29-55(44-54)67-70-65-58(48-32-30-46(31-33-48)56-40-42-60(50-20-10-6-11-21-50)68-63(56)52-24-14-8-15-25-52)38-39-59(66(65)72-67)49-36-34-47(35-37-49)57-41-43-61(51-22-12-7-13-23-51)69-64(57)53-26-16-9-17-27-53/h4,6-44H,5H2,1-3H3/b19-4-,62-45-. The molecule has 0 aliphatic rings. The van der Waals surface area contributed by atoms with Crippen LogP contribution in [0.2, 0.25) is 0 Å². The van der Waals surface area contributed by atoms with E-state index in [1.54, 1.807) is 11.3 Å². The first-order valence-corrected chi connectivity index (χ1v) is 26.3. The molecule has 0 unspecified atom stereocenters. The van der Waals surface area contributed by atoms with Gasteiger partial charge in [-0.15, -0.1) is 23.1 Å². The van der Waals surface area contributed by atoms with E-state index >= 15 is 0 Å². The van der Waals surface area contributed by atoms with Crippen LogP contribution in [0, 0.1) is 0 Å². The third kappa shape index (κ3) is 9.53. The largest absolute Gasteiger partial charge is 0.247 e. The van der Waals surface area contributed by atoms with Crippen molar-refractivity contribution in [2.45, 2.75) is 20.8 Å². The normalized spacial score (nSPS) is 11.8. The van der Waals surface area contributed by atoms with E-state index in [2.05, 4.69) is 251 Å². The van der Waals surface area contributed by atoms with Crippen molar-refractivity contribution in [2.24, 2.45) is 0 Å². The molecule has 0 aliphatic heterocycles. The van der Waals surface area contributed by atoms with Gasteiger partial charge in [-0.2, -0.15) is 0 Å². The van der Waals surface area contributed by atoms with E-state index in [0.29, 0.717) is 0 Å². The molecule has 0 saturated carbocycles. The van der Waals surface area contributed by atoms with Gasteiger partial charge in [0.1, 0.15) is 5.01 Å². The molecule has 0 N–H and O–H groups in total. The van der Waals surface area contributed by atoms with Crippen molar-refractivity contribution in [1.29, 1.82) is 0 Å². The second-order valence-electron chi connectivity index (χ2n) is 17.7. The third-order valence-electron chi connectivity index (χ3n) is 13.1. The number of rotatable bonds is 13. The molecule has 3 nitrogen and oxygen atoms in total. The molecule has 0 amide bonds. The minimum Gasteiger partial charge on any atom is -0.247 e. The minimum atomic E-state index is 0.951. The zero-order valence-corrected chi connectivity index (χ0v) is 42.1. The molecule has 346 valence electrons. The Balaban J connectivity index is 1.01. The highest BCUT2D eigenvalue weighted by molar-refractivity contribution is 8.03. The van der Waals surface area contributed by atoms with Crippen molar-refractivity contribution in [1.82, 2.24) is 15.0 Å². The van der Waals surface area contributed by atoms with Crippen molar-refractivity contribution in [2.75, 3.05) is 5.75 Å². The maximum atomic E-state index is 5.54. The summed E-state index contributed by atoms with van der Waals surface area (Å²) in [6.45, 7) is 6.52. The van der Waals surface area contributed by atoms with Crippen LogP contribution in [0.25, 0.3) is 116 Å². The Morgan fingerprint density at radius 1 is 0.431 bits per heavy atom.